The predicted molar refractivity (Wildman–Crippen MR) is 69.3 cm³/mol. The van der Waals surface area contributed by atoms with Crippen LogP contribution in [-0.2, 0) is 20.7 Å². The number of hydrogen-bond acceptors (Lipinski definition) is 3. The molecule has 0 spiro atoms. The average Bonchev–Trinajstić information content (AvgIpc) is 2.28. The Morgan fingerprint density at radius 3 is 2.78 bits per heavy atom. The molecule has 1 rings (SSSR count). The zero-order valence-corrected chi connectivity index (χ0v) is 11.4. The molecule has 0 bridgehead atoms. The zero-order valence-electron chi connectivity index (χ0n) is 9.85. The van der Waals surface area contributed by atoms with E-state index in [9.17, 15) is 9.59 Å². The first-order valence-electron chi connectivity index (χ1n) is 5.28. The van der Waals surface area contributed by atoms with Crippen LogP contribution in [0.1, 0.15) is 5.56 Å². The van der Waals surface area contributed by atoms with Gasteiger partial charge in [0.2, 0.25) is 5.91 Å². The number of carboxylic acids is 1. The summed E-state index contributed by atoms with van der Waals surface area (Å²) in [5.74, 6) is -1.51. The summed E-state index contributed by atoms with van der Waals surface area (Å²) in [5, 5.41) is 11.5. The van der Waals surface area contributed by atoms with Crippen molar-refractivity contribution in [2.45, 2.75) is 12.5 Å². The number of carbonyl (C=O) groups is 2. The lowest BCUT2D eigenvalue weighted by molar-refractivity contribution is -0.142. The topological polar surface area (TPSA) is 75.6 Å². The molecule has 2 N–H and O–H groups in total. The van der Waals surface area contributed by atoms with E-state index in [-0.39, 0.29) is 13.0 Å². The zero-order chi connectivity index (χ0) is 13.5. The van der Waals surface area contributed by atoms with Gasteiger partial charge in [-0.25, -0.2) is 4.79 Å². The van der Waals surface area contributed by atoms with Gasteiger partial charge >= 0.3 is 5.97 Å². The number of hydrogen-bond donors (Lipinski definition) is 2. The number of halogens is 1. The van der Waals surface area contributed by atoms with Crippen LogP contribution in [0.25, 0.3) is 0 Å². The minimum absolute atomic E-state index is 0.151. The maximum Gasteiger partial charge on any atom is 0.326 e. The molecule has 0 heterocycles. The molecule has 0 aliphatic rings. The Morgan fingerprint density at radius 1 is 1.50 bits per heavy atom. The van der Waals surface area contributed by atoms with E-state index in [1.54, 1.807) is 0 Å². The van der Waals surface area contributed by atoms with Crippen LogP contribution in [0.2, 0.25) is 0 Å². The third-order valence-electron chi connectivity index (χ3n) is 2.24. The fraction of sp³-hybridized carbons (Fsp3) is 0.333. The van der Waals surface area contributed by atoms with E-state index in [1.807, 2.05) is 24.3 Å². The largest absolute Gasteiger partial charge is 0.480 e. The molecule has 0 unspecified atom stereocenters. The van der Waals surface area contributed by atoms with Gasteiger partial charge in [0, 0.05) is 18.0 Å². The fourth-order valence-electron chi connectivity index (χ4n) is 1.47. The second kappa shape index (κ2) is 7.13. The van der Waals surface area contributed by atoms with E-state index >= 15 is 0 Å². The molecule has 1 atom stereocenters. The molecular formula is C12H14BrNO4. The average molecular weight is 316 g/mol. The lowest BCUT2D eigenvalue weighted by atomic mass is 10.1. The summed E-state index contributed by atoms with van der Waals surface area (Å²) in [5.41, 5.74) is 0.828. The van der Waals surface area contributed by atoms with Gasteiger partial charge in [0.1, 0.15) is 12.6 Å². The van der Waals surface area contributed by atoms with Crippen LogP contribution in [-0.4, -0.2) is 36.7 Å². The number of ether oxygens (including phenoxy) is 1. The van der Waals surface area contributed by atoms with Gasteiger partial charge in [-0.05, 0) is 17.7 Å². The number of amides is 1. The Balaban J connectivity index is 2.69. The molecule has 0 aliphatic heterocycles. The summed E-state index contributed by atoms with van der Waals surface area (Å²) in [6, 6.07) is 6.33. The van der Waals surface area contributed by atoms with Crippen molar-refractivity contribution in [2.24, 2.45) is 0 Å². The summed E-state index contributed by atoms with van der Waals surface area (Å²) in [7, 11) is 1.38. The smallest absolute Gasteiger partial charge is 0.326 e. The van der Waals surface area contributed by atoms with Crippen molar-refractivity contribution in [3.8, 4) is 0 Å². The molecule has 1 amide bonds. The standard InChI is InChI=1S/C12H14BrNO4/c1-18-7-11(15)14-10(12(16)17)6-8-3-2-4-9(13)5-8/h2-5,10H,6-7H2,1H3,(H,14,15)(H,16,17)/t10-/m0/s1. The quantitative estimate of drug-likeness (QED) is 0.827. The SMILES string of the molecule is COCC(=O)N[C@@H](Cc1cccc(Br)c1)C(=O)O. The molecule has 5 nitrogen and oxygen atoms in total. The minimum atomic E-state index is -1.07. The lowest BCUT2D eigenvalue weighted by Gasteiger charge is -2.14. The van der Waals surface area contributed by atoms with Gasteiger partial charge < -0.3 is 15.2 Å². The van der Waals surface area contributed by atoms with Gasteiger partial charge in [-0.2, -0.15) is 0 Å². The van der Waals surface area contributed by atoms with Crippen LogP contribution in [0.15, 0.2) is 28.7 Å². The Bertz CT molecular complexity index is 436. The second-order valence-corrected chi connectivity index (χ2v) is 4.64. The van der Waals surface area contributed by atoms with E-state index in [0.29, 0.717) is 0 Å². The Kier molecular flexibility index (Phi) is 5.80. The maximum absolute atomic E-state index is 11.3. The highest BCUT2D eigenvalue weighted by molar-refractivity contribution is 9.10. The first-order chi connectivity index (χ1) is 8.52. The summed E-state index contributed by atoms with van der Waals surface area (Å²) >= 11 is 3.31. The Hall–Kier alpha value is -1.40. The van der Waals surface area contributed by atoms with Gasteiger partial charge in [-0.1, -0.05) is 28.1 Å². The van der Waals surface area contributed by atoms with E-state index in [4.69, 9.17) is 5.11 Å². The molecule has 98 valence electrons. The molecule has 0 saturated carbocycles. The molecule has 0 aliphatic carbocycles. The first kappa shape index (κ1) is 14.7. The first-order valence-corrected chi connectivity index (χ1v) is 6.07. The lowest BCUT2D eigenvalue weighted by Crippen LogP contribution is -2.43. The van der Waals surface area contributed by atoms with Crippen LogP contribution in [0.3, 0.4) is 0 Å². The van der Waals surface area contributed by atoms with Crippen LogP contribution in [0.5, 0.6) is 0 Å². The predicted octanol–water partition coefficient (Wildman–Crippen LogP) is 1.21. The van der Waals surface area contributed by atoms with Crippen molar-refractivity contribution in [2.75, 3.05) is 13.7 Å². The highest BCUT2D eigenvalue weighted by atomic mass is 79.9. The summed E-state index contributed by atoms with van der Waals surface area (Å²) < 4.78 is 5.51. The van der Waals surface area contributed by atoms with Crippen molar-refractivity contribution in [3.63, 3.8) is 0 Å². The third-order valence-corrected chi connectivity index (χ3v) is 2.73. The van der Waals surface area contributed by atoms with Gasteiger partial charge in [-0.15, -0.1) is 0 Å². The van der Waals surface area contributed by atoms with E-state index in [2.05, 4.69) is 26.0 Å². The van der Waals surface area contributed by atoms with Gasteiger partial charge in [0.05, 0.1) is 0 Å². The van der Waals surface area contributed by atoms with Crippen LogP contribution in [0.4, 0.5) is 0 Å². The normalized spacial score (nSPS) is 11.9. The molecule has 6 heteroatoms. The highest BCUT2D eigenvalue weighted by Gasteiger charge is 2.20. The van der Waals surface area contributed by atoms with Crippen LogP contribution >= 0.6 is 15.9 Å². The van der Waals surface area contributed by atoms with Crippen molar-refractivity contribution in [3.05, 3.63) is 34.3 Å². The van der Waals surface area contributed by atoms with Gasteiger partial charge in [0.15, 0.2) is 0 Å². The molecular weight excluding hydrogens is 302 g/mol. The molecule has 18 heavy (non-hydrogen) atoms. The van der Waals surface area contributed by atoms with Crippen molar-refractivity contribution in [1.29, 1.82) is 0 Å². The van der Waals surface area contributed by atoms with Gasteiger partial charge in [-0.3, -0.25) is 4.79 Å². The molecule has 1 aromatic carbocycles. The Morgan fingerprint density at radius 2 is 2.22 bits per heavy atom. The Labute approximate surface area is 113 Å². The summed E-state index contributed by atoms with van der Waals surface area (Å²) in [6.45, 7) is -0.151. The fourth-order valence-corrected chi connectivity index (χ4v) is 1.91. The van der Waals surface area contributed by atoms with Crippen LogP contribution < -0.4 is 5.32 Å². The molecule has 0 saturated heterocycles. The number of rotatable bonds is 6. The van der Waals surface area contributed by atoms with E-state index < -0.39 is 17.9 Å². The molecule has 0 radical (unpaired) electrons. The van der Waals surface area contributed by atoms with Crippen molar-refractivity contribution >= 4 is 27.8 Å². The number of aliphatic carboxylic acids is 1. The minimum Gasteiger partial charge on any atom is -0.480 e. The van der Waals surface area contributed by atoms with Crippen molar-refractivity contribution < 1.29 is 19.4 Å². The molecule has 0 fully saturated rings. The highest BCUT2D eigenvalue weighted by Crippen LogP contribution is 2.13. The summed E-state index contributed by atoms with van der Waals surface area (Å²) in [4.78, 5) is 22.4. The number of carbonyl (C=O) groups excluding carboxylic acids is 1. The number of methoxy groups -OCH3 is 1. The molecule has 0 aromatic heterocycles. The van der Waals surface area contributed by atoms with Crippen LogP contribution in [0, 0.1) is 0 Å². The van der Waals surface area contributed by atoms with Crippen molar-refractivity contribution in [1.82, 2.24) is 5.32 Å². The number of benzene rings is 1. The second-order valence-electron chi connectivity index (χ2n) is 3.73. The monoisotopic (exact) mass is 315 g/mol. The number of carboxylic acid groups (broad SMARTS) is 1. The van der Waals surface area contributed by atoms with E-state index in [1.165, 1.54) is 7.11 Å². The third kappa shape index (κ3) is 4.85. The number of nitrogens with one attached hydrogen (secondary N) is 1. The summed E-state index contributed by atoms with van der Waals surface area (Å²) in [6.07, 6.45) is 0.226. The van der Waals surface area contributed by atoms with E-state index in [0.717, 1.165) is 10.0 Å². The molecule has 1 aromatic rings. The maximum atomic E-state index is 11.3. The van der Waals surface area contributed by atoms with Gasteiger partial charge in [0.25, 0.3) is 0 Å².